The van der Waals surface area contributed by atoms with Gasteiger partial charge in [-0.15, -0.1) is 12.4 Å². The summed E-state index contributed by atoms with van der Waals surface area (Å²) < 4.78 is 0. The highest BCUT2D eigenvalue weighted by Crippen LogP contribution is 2.15. The van der Waals surface area contributed by atoms with Crippen LogP contribution in [0.3, 0.4) is 0 Å². The molecule has 0 aliphatic carbocycles. The fourth-order valence-corrected chi connectivity index (χ4v) is 2.55. The van der Waals surface area contributed by atoms with E-state index in [0.29, 0.717) is 6.42 Å². The first-order chi connectivity index (χ1) is 8.97. The van der Waals surface area contributed by atoms with E-state index in [2.05, 4.69) is 10.2 Å². The molecule has 1 amide bonds. The standard InChI is InChI=1S/C14H27N3O2.ClH/c1-4-7-12(18)16-13(14(19)10(2)15)11(3)17-8-5-6-9-17;/h10-11,13H,4-9,15H2,1-3H3,(H,16,18);1H/t10-,11?,13?;/m0./s1. The molecule has 118 valence electrons. The van der Waals surface area contributed by atoms with Crippen molar-refractivity contribution in [3.8, 4) is 0 Å². The molecule has 6 heteroatoms. The van der Waals surface area contributed by atoms with Gasteiger partial charge in [0.25, 0.3) is 0 Å². The largest absolute Gasteiger partial charge is 0.345 e. The summed E-state index contributed by atoms with van der Waals surface area (Å²) in [6.45, 7) is 7.62. The van der Waals surface area contributed by atoms with E-state index < -0.39 is 12.1 Å². The van der Waals surface area contributed by atoms with Crippen molar-refractivity contribution in [1.29, 1.82) is 0 Å². The first kappa shape index (κ1) is 19.4. The Morgan fingerprint density at radius 1 is 1.25 bits per heavy atom. The number of rotatable bonds is 7. The Bertz CT molecular complexity index is 318. The Labute approximate surface area is 128 Å². The van der Waals surface area contributed by atoms with Crippen LogP contribution in [0.5, 0.6) is 0 Å². The summed E-state index contributed by atoms with van der Waals surface area (Å²) in [6.07, 6.45) is 3.55. The van der Waals surface area contributed by atoms with Gasteiger partial charge in [-0.1, -0.05) is 6.92 Å². The maximum Gasteiger partial charge on any atom is 0.220 e. The molecule has 0 radical (unpaired) electrons. The zero-order valence-corrected chi connectivity index (χ0v) is 13.5. The fraction of sp³-hybridized carbons (Fsp3) is 0.857. The van der Waals surface area contributed by atoms with Crippen molar-refractivity contribution in [3.63, 3.8) is 0 Å². The number of carbonyl (C=O) groups excluding carboxylic acids is 2. The molecule has 1 fully saturated rings. The van der Waals surface area contributed by atoms with Gasteiger partial charge >= 0.3 is 0 Å². The predicted molar refractivity (Wildman–Crippen MR) is 83.0 cm³/mol. The number of likely N-dealkylation sites (tertiary alicyclic amines) is 1. The third-order valence-electron chi connectivity index (χ3n) is 3.75. The molecule has 0 aromatic carbocycles. The highest BCUT2D eigenvalue weighted by atomic mass is 35.5. The summed E-state index contributed by atoms with van der Waals surface area (Å²) in [6, 6.07) is -1.02. The second kappa shape index (κ2) is 9.32. The van der Waals surface area contributed by atoms with Gasteiger partial charge in [0, 0.05) is 12.5 Å². The van der Waals surface area contributed by atoms with E-state index in [1.165, 1.54) is 0 Å². The number of amides is 1. The van der Waals surface area contributed by atoms with Crippen LogP contribution in [0.25, 0.3) is 0 Å². The minimum atomic E-state index is -0.544. The Balaban J connectivity index is 0.00000361. The molecule has 2 unspecified atom stereocenters. The van der Waals surface area contributed by atoms with Gasteiger partial charge in [0.2, 0.25) is 5.91 Å². The SMILES string of the molecule is CCCC(=O)NC(C(=O)[C@H](C)N)C(C)N1CCCC1.Cl. The van der Waals surface area contributed by atoms with Crippen LogP contribution in [0.15, 0.2) is 0 Å². The quantitative estimate of drug-likeness (QED) is 0.738. The Morgan fingerprint density at radius 3 is 2.25 bits per heavy atom. The Morgan fingerprint density at radius 2 is 1.80 bits per heavy atom. The Hall–Kier alpha value is -0.650. The summed E-state index contributed by atoms with van der Waals surface area (Å²) in [4.78, 5) is 26.3. The molecule has 0 bridgehead atoms. The van der Waals surface area contributed by atoms with Gasteiger partial charge in [0.15, 0.2) is 5.78 Å². The topological polar surface area (TPSA) is 75.4 Å². The number of hydrogen-bond donors (Lipinski definition) is 2. The number of Topliss-reactive ketones (excluding diaryl/α,β-unsaturated/α-hetero) is 1. The van der Waals surface area contributed by atoms with E-state index in [4.69, 9.17) is 5.73 Å². The van der Waals surface area contributed by atoms with E-state index in [1.54, 1.807) is 6.92 Å². The average molecular weight is 306 g/mol. The van der Waals surface area contributed by atoms with Crippen molar-refractivity contribution in [2.75, 3.05) is 13.1 Å². The molecule has 1 saturated heterocycles. The van der Waals surface area contributed by atoms with E-state index in [1.807, 2.05) is 13.8 Å². The minimum Gasteiger partial charge on any atom is -0.345 e. The number of ketones is 1. The van der Waals surface area contributed by atoms with E-state index in [9.17, 15) is 9.59 Å². The molecular weight excluding hydrogens is 278 g/mol. The molecule has 0 aromatic heterocycles. The molecule has 0 spiro atoms. The maximum atomic E-state index is 12.2. The monoisotopic (exact) mass is 305 g/mol. The number of carbonyl (C=O) groups is 2. The van der Waals surface area contributed by atoms with Gasteiger partial charge in [-0.25, -0.2) is 0 Å². The molecule has 1 aliphatic rings. The third-order valence-corrected chi connectivity index (χ3v) is 3.75. The molecular formula is C14H28ClN3O2. The van der Waals surface area contributed by atoms with Crippen LogP contribution in [0.1, 0.15) is 46.5 Å². The van der Waals surface area contributed by atoms with Crippen molar-refractivity contribution in [1.82, 2.24) is 10.2 Å². The average Bonchev–Trinajstić information content (AvgIpc) is 2.88. The van der Waals surface area contributed by atoms with Crippen LogP contribution < -0.4 is 11.1 Å². The second-order valence-electron chi connectivity index (χ2n) is 5.47. The fourth-order valence-electron chi connectivity index (χ4n) is 2.55. The van der Waals surface area contributed by atoms with Gasteiger partial charge < -0.3 is 11.1 Å². The number of nitrogens with two attached hydrogens (primary N) is 1. The first-order valence-electron chi connectivity index (χ1n) is 7.30. The predicted octanol–water partition coefficient (Wildman–Crippen LogP) is 1.09. The van der Waals surface area contributed by atoms with E-state index >= 15 is 0 Å². The van der Waals surface area contributed by atoms with E-state index in [0.717, 1.165) is 32.4 Å². The van der Waals surface area contributed by atoms with Gasteiger partial charge in [-0.2, -0.15) is 0 Å². The summed E-state index contributed by atoms with van der Waals surface area (Å²) in [5, 5.41) is 2.87. The molecule has 1 heterocycles. The molecule has 1 aliphatic heterocycles. The maximum absolute atomic E-state index is 12.2. The third kappa shape index (κ3) is 5.38. The molecule has 1 rings (SSSR count). The first-order valence-corrected chi connectivity index (χ1v) is 7.30. The van der Waals surface area contributed by atoms with Gasteiger partial charge in [0.05, 0.1) is 6.04 Å². The van der Waals surface area contributed by atoms with Crippen LogP contribution in [-0.4, -0.2) is 47.8 Å². The normalized spacial score (nSPS) is 19.8. The highest BCUT2D eigenvalue weighted by Gasteiger charge is 2.33. The lowest BCUT2D eigenvalue weighted by atomic mass is 9.99. The van der Waals surface area contributed by atoms with Gasteiger partial charge in [-0.3, -0.25) is 14.5 Å². The molecule has 0 saturated carbocycles. The summed E-state index contributed by atoms with van der Waals surface area (Å²) in [7, 11) is 0. The highest BCUT2D eigenvalue weighted by molar-refractivity contribution is 5.92. The molecule has 3 N–H and O–H groups in total. The summed E-state index contributed by atoms with van der Waals surface area (Å²) in [5.74, 6) is -0.142. The van der Waals surface area contributed by atoms with Crippen molar-refractivity contribution < 1.29 is 9.59 Å². The second-order valence-corrected chi connectivity index (χ2v) is 5.47. The van der Waals surface area contributed by atoms with Crippen molar-refractivity contribution >= 4 is 24.1 Å². The van der Waals surface area contributed by atoms with Gasteiger partial charge in [0.1, 0.15) is 6.04 Å². The van der Waals surface area contributed by atoms with Crippen LogP contribution >= 0.6 is 12.4 Å². The van der Waals surface area contributed by atoms with Crippen LogP contribution in [-0.2, 0) is 9.59 Å². The lowest BCUT2D eigenvalue weighted by Crippen LogP contribution is -2.57. The molecule has 20 heavy (non-hydrogen) atoms. The number of nitrogens with zero attached hydrogens (tertiary/aromatic N) is 1. The number of halogens is 1. The number of nitrogens with one attached hydrogen (secondary N) is 1. The molecule has 0 aromatic rings. The molecule has 3 atom stereocenters. The molecule has 5 nitrogen and oxygen atoms in total. The van der Waals surface area contributed by atoms with Crippen molar-refractivity contribution in [3.05, 3.63) is 0 Å². The lowest BCUT2D eigenvalue weighted by Gasteiger charge is -2.32. The smallest absolute Gasteiger partial charge is 0.220 e. The zero-order chi connectivity index (χ0) is 14.4. The van der Waals surface area contributed by atoms with Crippen LogP contribution in [0.2, 0.25) is 0 Å². The van der Waals surface area contributed by atoms with Crippen LogP contribution in [0, 0.1) is 0 Å². The van der Waals surface area contributed by atoms with Crippen LogP contribution in [0.4, 0.5) is 0 Å². The summed E-state index contributed by atoms with van der Waals surface area (Å²) in [5.41, 5.74) is 5.70. The number of hydrogen-bond acceptors (Lipinski definition) is 4. The lowest BCUT2D eigenvalue weighted by molar-refractivity contribution is -0.129. The van der Waals surface area contributed by atoms with Gasteiger partial charge in [-0.05, 0) is 46.2 Å². The Kier molecular flexibility index (Phi) is 9.01. The summed E-state index contributed by atoms with van der Waals surface area (Å²) >= 11 is 0. The zero-order valence-electron chi connectivity index (χ0n) is 12.7. The van der Waals surface area contributed by atoms with Crippen molar-refractivity contribution in [2.45, 2.75) is 64.6 Å². The van der Waals surface area contributed by atoms with E-state index in [-0.39, 0.29) is 30.1 Å². The van der Waals surface area contributed by atoms with Crippen molar-refractivity contribution in [2.24, 2.45) is 5.73 Å². The minimum absolute atomic E-state index is 0.